The SMILES string of the molecule is CCOCCCC(O)Cc1ccc(F)cc1Br. The van der Waals surface area contributed by atoms with Crippen LogP contribution in [0.1, 0.15) is 25.3 Å². The fraction of sp³-hybridized carbons (Fsp3) is 0.538. The fourth-order valence-electron chi connectivity index (χ4n) is 1.61. The van der Waals surface area contributed by atoms with Crippen molar-refractivity contribution in [2.45, 2.75) is 32.3 Å². The summed E-state index contributed by atoms with van der Waals surface area (Å²) in [6.45, 7) is 3.34. The average molecular weight is 305 g/mol. The summed E-state index contributed by atoms with van der Waals surface area (Å²) in [5.41, 5.74) is 0.926. The lowest BCUT2D eigenvalue weighted by Crippen LogP contribution is -2.12. The maximum Gasteiger partial charge on any atom is 0.124 e. The molecule has 0 amide bonds. The second kappa shape index (κ2) is 7.80. The molecule has 0 bridgehead atoms. The van der Waals surface area contributed by atoms with Crippen LogP contribution in [-0.2, 0) is 11.2 Å². The first kappa shape index (κ1) is 14.6. The minimum Gasteiger partial charge on any atom is -0.393 e. The quantitative estimate of drug-likeness (QED) is 0.783. The van der Waals surface area contributed by atoms with Crippen LogP contribution in [0.15, 0.2) is 22.7 Å². The molecule has 0 radical (unpaired) electrons. The zero-order valence-corrected chi connectivity index (χ0v) is 11.5. The van der Waals surface area contributed by atoms with Crippen molar-refractivity contribution in [3.8, 4) is 0 Å². The third-order valence-corrected chi connectivity index (χ3v) is 3.24. The van der Waals surface area contributed by atoms with Gasteiger partial charge in [0.15, 0.2) is 0 Å². The summed E-state index contributed by atoms with van der Waals surface area (Å²) in [5, 5.41) is 9.83. The highest BCUT2D eigenvalue weighted by Gasteiger charge is 2.08. The Bertz CT molecular complexity index is 344. The van der Waals surface area contributed by atoms with Crippen molar-refractivity contribution in [1.82, 2.24) is 0 Å². The van der Waals surface area contributed by atoms with Gasteiger partial charge in [0.2, 0.25) is 0 Å². The van der Waals surface area contributed by atoms with E-state index in [1.54, 1.807) is 6.07 Å². The lowest BCUT2D eigenvalue weighted by atomic mass is 10.0. The topological polar surface area (TPSA) is 29.5 Å². The summed E-state index contributed by atoms with van der Waals surface area (Å²) in [4.78, 5) is 0. The summed E-state index contributed by atoms with van der Waals surface area (Å²) in [7, 11) is 0. The number of benzene rings is 1. The van der Waals surface area contributed by atoms with E-state index in [2.05, 4.69) is 15.9 Å². The van der Waals surface area contributed by atoms with Crippen molar-refractivity contribution in [2.75, 3.05) is 13.2 Å². The summed E-state index contributed by atoms with van der Waals surface area (Å²) < 4.78 is 18.8. The third kappa shape index (κ3) is 5.61. The van der Waals surface area contributed by atoms with Gasteiger partial charge in [0.1, 0.15) is 5.82 Å². The van der Waals surface area contributed by atoms with Crippen LogP contribution in [0.2, 0.25) is 0 Å². The Hall–Kier alpha value is -0.450. The van der Waals surface area contributed by atoms with Crippen LogP contribution in [-0.4, -0.2) is 24.4 Å². The average Bonchev–Trinajstić information content (AvgIpc) is 2.28. The van der Waals surface area contributed by atoms with Crippen LogP contribution in [0.4, 0.5) is 4.39 Å². The molecule has 0 saturated carbocycles. The second-order valence-corrected chi connectivity index (χ2v) is 4.79. The van der Waals surface area contributed by atoms with Crippen LogP contribution < -0.4 is 0 Å². The Morgan fingerprint density at radius 3 is 2.88 bits per heavy atom. The van der Waals surface area contributed by atoms with Gasteiger partial charge in [0.05, 0.1) is 6.10 Å². The third-order valence-electron chi connectivity index (χ3n) is 2.50. The molecule has 1 rings (SSSR count). The zero-order chi connectivity index (χ0) is 12.7. The molecule has 0 spiro atoms. The number of halogens is 2. The molecule has 1 atom stereocenters. The van der Waals surface area contributed by atoms with Gasteiger partial charge in [-0.05, 0) is 43.9 Å². The maximum absolute atomic E-state index is 12.9. The van der Waals surface area contributed by atoms with Gasteiger partial charge in [0.25, 0.3) is 0 Å². The van der Waals surface area contributed by atoms with Crippen molar-refractivity contribution in [1.29, 1.82) is 0 Å². The van der Waals surface area contributed by atoms with Gasteiger partial charge in [0, 0.05) is 17.7 Å². The standard InChI is InChI=1S/C13H18BrFO2/c1-2-17-7-3-4-12(16)8-10-5-6-11(15)9-13(10)14/h5-6,9,12,16H,2-4,7-8H2,1H3. The molecular weight excluding hydrogens is 287 g/mol. The van der Waals surface area contributed by atoms with Crippen molar-refractivity contribution >= 4 is 15.9 Å². The van der Waals surface area contributed by atoms with Gasteiger partial charge < -0.3 is 9.84 Å². The van der Waals surface area contributed by atoms with Gasteiger partial charge >= 0.3 is 0 Å². The number of hydrogen-bond donors (Lipinski definition) is 1. The molecule has 0 heterocycles. The molecule has 0 aliphatic rings. The predicted octanol–water partition coefficient (Wildman–Crippen LogP) is 3.31. The molecule has 0 fully saturated rings. The molecule has 1 N–H and O–H groups in total. The first-order chi connectivity index (χ1) is 8.13. The smallest absolute Gasteiger partial charge is 0.124 e. The molecule has 4 heteroatoms. The van der Waals surface area contributed by atoms with E-state index in [-0.39, 0.29) is 5.82 Å². The lowest BCUT2D eigenvalue weighted by molar-refractivity contribution is 0.114. The molecule has 1 aromatic rings. The molecule has 0 aliphatic carbocycles. The van der Waals surface area contributed by atoms with Crippen molar-refractivity contribution in [3.63, 3.8) is 0 Å². The summed E-state index contributed by atoms with van der Waals surface area (Å²) in [6.07, 6.45) is 1.67. The minimum absolute atomic E-state index is 0.272. The molecule has 0 aliphatic heterocycles. The van der Waals surface area contributed by atoms with E-state index in [9.17, 15) is 9.50 Å². The Labute approximate surface area is 110 Å². The Kier molecular flexibility index (Phi) is 6.70. The number of rotatable bonds is 7. The molecular formula is C13H18BrFO2. The lowest BCUT2D eigenvalue weighted by Gasteiger charge is -2.11. The van der Waals surface area contributed by atoms with E-state index >= 15 is 0 Å². The molecule has 1 aromatic carbocycles. The van der Waals surface area contributed by atoms with Gasteiger partial charge in [-0.2, -0.15) is 0 Å². The number of aliphatic hydroxyl groups excluding tert-OH is 1. The van der Waals surface area contributed by atoms with Crippen LogP contribution in [0.5, 0.6) is 0 Å². The van der Waals surface area contributed by atoms with Gasteiger partial charge in [-0.3, -0.25) is 0 Å². The fourth-order valence-corrected chi connectivity index (χ4v) is 2.12. The summed E-state index contributed by atoms with van der Waals surface area (Å²) >= 11 is 3.29. The van der Waals surface area contributed by atoms with Crippen molar-refractivity contribution in [2.24, 2.45) is 0 Å². The van der Waals surface area contributed by atoms with E-state index in [1.165, 1.54) is 12.1 Å². The van der Waals surface area contributed by atoms with Gasteiger partial charge in [-0.25, -0.2) is 4.39 Å². The van der Waals surface area contributed by atoms with Crippen molar-refractivity contribution in [3.05, 3.63) is 34.1 Å². The van der Waals surface area contributed by atoms with Crippen molar-refractivity contribution < 1.29 is 14.2 Å². The van der Waals surface area contributed by atoms with E-state index in [1.807, 2.05) is 6.92 Å². The Balaban J connectivity index is 2.37. The molecule has 96 valence electrons. The first-order valence-corrected chi connectivity index (χ1v) is 6.62. The van der Waals surface area contributed by atoms with Crippen LogP contribution >= 0.6 is 15.9 Å². The molecule has 0 saturated heterocycles. The first-order valence-electron chi connectivity index (χ1n) is 5.83. The van der Waals surface area contributed by atoms with Gasteiger partial charge in [-0.15, -0.1) is 0 Å². The largest absolute Gasteiger partial charge is 0.393 e. The summed E-state index contributed by atoms with van der Waals surface area (Å²) in [6, 6.07) is 4.53. The predicted molar refractivity (Wildman–Crippen MR) is 69.5 cm³/mol. The molecule has 1 unspecified atom stereocenters. The second-order valence-electron chi connectivity index (χ2n) is 3.93. The minimum atomic E-state index is -0.405. The number of ether oxygens (including phenoxy) is 1. The highest BCUT2D eigenvalue weighted by molar-refractivity contribution is 9.10. The Morgan fingerprint density at radius 1 is 1.47 bits per heavy atom. The number of hydrogen-bond acceptors (Lipinski definition) is 2. The van der Waals surface area contributed by atoms with Crippen LogP contribution in [0, 0.1) is 5.82 Å². The van der Waals surface area contributed by atoms with Crippen LogP contribution in [0.25, 0.3) is 0 Å². The monoisotopic (exact) mass is 304 g/mol. The van der Waals surface area contributed by atoms with E-state index in [0.29, 0.717) is 30.5 Å². The highest BCUT2D eigenvalue weighted by Crippen LogP contribution is 2.20. The molecule has 2 nitrogen and oxygen atoms in total. The van der Waals surface area contributed by atoms with Gasteiger partial charge in [-0.1, -0.05) is 22.0 Å². The van der Waals surface area contributed by atoms with E-state index in [4.69, 9.17) is 4.74 Å². The van der Waals surface area contributed by atoms with E-state index < -0.39 is 6.10 Å². The highest BCUT2D eigenvalue weighted by atomic mass is 79.9. The van der Waals surface area contributed by atoms with Crippen LogP contribution in [0.3, 0.4) is 0 Å². The van der Waals surface area contributed by atoms with E-state index in [0.717, 1.165) is 12.0 Å². The molecule has 0 aromatic heterocycles. The normalized spacial score (nSPS) is 12.7. The maximum atomic E-state index is 12.9. The Morgan fingerprint density at radius 2 is 2.24 bits per heavy atom. The molecule has 17 heavy (non-hydrogen) atoms. The zero-order valence-electron chi connectivity index (χ0n) is 9.96. The summed E-state index contributed by atoms with van der Waals surface area (Å²) in [5.74, 6) is -0.272. The number of aliphatic hydroxyl groups is 1.